The van der Waals surface area contributed by atoms with E-state index in [2.05, 4.69) is 11.6 Å². The molecule has 0 spiro atoms. The van der Waals surface area contributed by atoms with Gasteiger partial charge in [0.15, 0.2) is 17.2 Å². The van der Waals surface area contributed by atoms with Crippen molar-refractivity contribution in [3.8, 4) is 17.2 Å². The third-order valence-corrected chi connectivity index (χ3v) is 5.15. The first-order valence-corrected chi connectivity index (χ1v) is 11.5. The van der Waals surface area contributed by atoms with Crippen molar-refractivity contribution in [3.63, 3.8) is 0 Å². The Kier molecular flexibility index (Phi) is 7.96. The van der Waals surface area contributed by atoms with Gasteiger partial charge in [0.1, 0.15) is 19.0 Å². The first-order valence-electron chi connectivity index (χ1n) is 11.5. The summed E-state index contributed by atoms with van der Waals surface area (Å²) in [6.07, 6.45) is 4.26. The van der Waals surface area contributed by atoms with Gasteiger partial charge in [-0.05, 0) is 60.9 Å². The molecule has 0 saturated heterocycles. The quantitative estimate of drug-likeness (QED) is 0.158. The number of para-hydroxylation sites is 1. The van der Waals surface area contributed by atoms with Crippen molar-refractivity contribution in [2.45, 2.75) is 13.3 Å². The number of hydrogen-bond donors (Lipinski definition) is 0. The molecule has 1 aliphatic heterocycles. The molecule has 0 bridgehead atoms. The highest BCUT2D eigenvalue weighted by Crippen LogP contribution is 2.30. The van der Waals surface area contributed by atoms with Gasteiger partial charge in [0.2, 0.25) is 5.90 Å². The summed E-state index contributed by atoms with van der Waals surface area (Å²) in [6, 6.07) is 22.7. The number of benzene rings is 3. The fourth-order valence-corrected chi connectivity index (χ4v) is 3.55. The highest BCUT2D eigenvalue weighted by atomic mass is 16.6. The normalized spacial score (nSPS) is 13.8. The lowest BCUT2D eigenvalue weighted by Gasteiger charge is -2.14. The van der Waals surface area contributed by atoms with Crippen LogP contribution in [0.15, 0.2) is 96.1 Å². The molecule has 0 atom stereocenters. The first-order chi connectivity index (χ1) is 17.2. The van der Waals surface area contributed by atoms with Gasteiger partial charge in [-0.25, -0.2) is 9.79 Å². The third-order valence-electron chi connectivity index (χ3n) is 5.15. The van der Waals surface area contributed by atoms with E-state index in [0.29, 0.717) is 37.2 Å². The molecule has 0 unspecified atom stereocenters. The fraction of sp³-hybridized carbons (Fsp3) is 0.172. The van der Waals surface area contributed by atoms with E-state index >= 15 is 0 Å². The average Bonchev–Trinajstić information content (AvgIpc) is 3.24. The molecule has 6 nitrogen and oxygen atoms in total. The Morgan fingerprint density at radius 1 is 0.886 bits per heavy atom. The predicted molar refractivity (Wildman–Crippen MR) is 136 cm³/mol. The third kappa shape index (κ3) is 6.18. The van der Waals surface area contributed by atoms with Crippen LogP contribution in [0.25, 0.3) is 6.08 Å². The second-order valence-electron chi connectivity index (χ2n) is 7.64. The maximum absolute atomic E-state index is 12.3. The Hall–Kier alpha value is -4.32. The van der Waals surface area contributed by atoms with E-state index in [1.54, 1.807) is 6.08 Å². The molecule has 6 heteroatoms. The van der Waals surface area contributed by atoms with Crippen molar-refractivity contribution in [2.24, 2.45) is 4.99 Å². The van der Waals surface area contributed by atoms with Crippen molar-refractivity contribution in [3.05, 3.63) is 108 Å². The average molecular weight is 470 g/mol. The second kappa shape index (κ2) is 11.7. The molecule has 0 radical (unpaired) electrons. The SMILES string of the molecule is C=CCc1ccccc1OCCOc1ccc(C=C2N=C(c3ccccc3)OC2=O)cc1OCC. The number of ether oxygens (including phenoxy) is 4. The molecule has 0 aliphatic carbocycles. The van der Waals surface area contributed by atoms with Crippen LogP contribution in [0.4, 0.5) is 0 Å². The van der Waals surface area contributed by atoms with Crippen LogP contribution in [0.3, 0.4) is 0 Å². The van der Waals surface area contributed by atoms with Gasteiger partial charge in [-0.3, -0.25) is 0 Å². The lowest BCUT2D eigenvalue weighted by molar-refractivity contribution is -0.129. The predicted octanol–water partition coefficient (Wildman–Crippen LogP) is 5.62. The lowest BCUT2D eigenvalue weighted by Crippen LogP contribution is -2.10. The molecule has 1 aliphatic rings. The van der Waals surface area contributed by atoms with Gasteiger partial charge >= 0.3 is 5.97 Å². The summed E-state index contributed by atoms with van der Waals surface area (Å²) >= 11 is 0. The van der Waals surface area contributed by atoms with E-state index in [1.807, 2.05) is 85.8 Å². The Balaban J connectivity index is 1.43. The van der Waals surface area contributed by atoms with Gasteiger partial charge < -0.3 is 18.9 Å². The number of allylic oxidation sites excluding steroid dienone is 1. The minimum atomic E-state index is -0.490. The number of rotatable bonds is 11. The van der Waals surface area contributed by atoms with Gasteiger partial charge in [-0.15, -0.1) is 6.58 Å². The minimum Gasteiger partial charge on any atom is -0.490 e. The summed E-state index contributed by atoms with van der Waals surface area (Å²) in [5.74, 6) is 1.80. The number of carbonyl (C=O) groups excluding carboxylic acids is 1. The topological polar surface area (TPSA) is 66.3 Å². The summed E-state index contributed by atoms with van der Waals surface area (Å²) in [5.41, 5.74) is 2.81. The van der Waals surface area contributed by atoms with Crippen LogP contribution in [0.2, 0.25) is 0 Å². The van der Waals surface area contributed by atoms with E-state index < -0.39 is 5.97 Å². The molecule has 0 aromatic heterocycles. The summed E-state index contributed by atoms with van der Waals surface area (Å²) in [4.78, 5) is 16.7. The standard InChI is InChI=1S/C29H27NO5/c1-3-10-22-11-8-9-14-25(22)33-17-18-34-26-16-15-21(20-27(26)32-4-2)19-24-29(31)35-28(30-24)23-12-6-5-7-13-23/h3,5-9,11-16,19-20H,1,4,10,17-18H2,2H3. The molecule has 0 amide bonds. The van der Waals surface area contributed by atoms with Gasteiger partial charge in [0.05, 0.1) is 6.61 Å². The Labute approximate surface area is 205 Å². The number of cyclic esters (lactones) is 1. The van der Waals surface area contributed by atoms with Crippen LogP contribution in [-0.2, 0) is 16.0 Å². The molecule has 4 rings (SSSR count). The van der Waals surface area contributed by atoms with E-state index in [-0.39, 0.29) is 5.70 Å². The number of aliphatic imine (C=N–C) groups is 1. The van der Waals surface area contributed by atoms with E-state index in [9.17, 15) is 4.79 Å². The molecule has 0 fully saturated rings. The summed E-state index contributed by atoms with van der Waals surface area (Å²) in [7, 11) is 0. The molecule has 0 saturated carbocycles. The maximum Gasteiger partial charge on any atom is 0.363 e. The lowest BCUT2D eigenvalue weighted by atomic mass is 10.1. The smallest absolute Gasteiger partial charge is 0.363 e. The van der Waals surface area contributed by atoms with E-state index in [4.69, 9.17) is 18.9 Å². The molecular formula is C29H27NO5. The molecule has 178 valence electrons. The van der Waals surface area contributed by atoms with Crippen molar-refractivity contribution in [1.29, 1.82) is 0 Å². The molecule has 0 N–H and O–H groups in total. The Morgan fingerprint density at radius 3 is 2.40 bits per heavy atom. The fourth-order valence-electron chi connectivity index (χ4n) is 3.55. The van der Waals surface area contributed by atoms with Gasteiger partial charge in [-0.1, -0.05) is 48.5 Å². The van der Waals surface area contributed by atoms with Crippen LogP contribution in [-0.4, -0.2) is 31.7 Å². The Bertz CT molecular complexity index is 1250. The minimum absolute atomic E-state index is 0.228. The number of carbonyl (C=O) groups is 1. The monoisotopic (exact) mass is 469 g/mol. The number of nitrogens with zero attached hydrogens (tertiary/aromatic N) is 1. The molecule has 3 aromatic rings. The van der Waals surface area contributed by atoms with Crippen molar-refractivity contribution in [1.82, 2.24) is 0 Å². The maximum atomic E-state index is 12.3. The van der Waals surface area contributed by atoms with Crippen LogP contribution in [0, 0.1) is 0 Å². The van der Waals surface area contributed by atoms with Crippen molar-refractivity contribution in [2.75, 3.05) is 19.8 Å². The summed E-state index contributed by atoms with van der Waals surface area (Å²) in [6.45, 7) is 6.90. The van der Waals surface area contributed by atoms with Crippen molar-refractivity contribution >= 4 is 17.9 Å². The molecular weight excluding hydrogens is 442 g/mol. The van der Waals surface area contributed by atoms with E-state index in [1.165, 1.54) is 0 Å². The van der Waals surface area contributed by atoms with Crippen molar-refractivity contribution < 1.29 is 23.7 Å². The zero-order valence-electron chi connectivity index (χ0n) is 19.6. The largest absolute Gasteiger partial charge is 0.490 e. The zero-order chi connectivity index (χ0) is 24.5. The highest BCUT2D eigenvalue weighted by Gasteiger charge is 2.24. The summed E-state index contributed by atoms with van der Waals surface area (Å²) in [5, 5.41) is 0. The highest BCUT2D eigenvalue weighted by molar-refractivity contribution is 6.12. The Morgan fingerprint density at radius 2 is 1.63 bits per heavy atom. The molecule has 3 aromatic carbocycles. The van der Waals surface area contributed by atoms with Gasteiger partial charge in [-0.2, -0.15) is 0 Å². The molecule has 1 heterocycles. The van der Waals surface area contributed by atoms with Gasteiger partial charge in [0, 0.05) is 5.56 Å². The zero-order valence-corrected chi connectivity index (χ0v) is 19.6. The second-order valence-corrected chi connectivity index (χ2v) is 7.64. The van der Waals surface area contributed by atoms with Gasteiger partial charge in [0.25, 0.3) is 0 Å². The number of esters is 1. The molecule has 35 heavy (non-hydrogen) atoms. The van der Waals surface area contributed by atoms with E-state index in [0.717, 1.165) is 28.9 Å². The van der Waals surface area contributed by atoms with Crippen LogP contribution in [0.5, 0.6) is 17.2 Å². The first kappa shape index (κ1) is 23.8. The van der Waals surface area contributed by atoms with Crippen LogP contribution in [0.1, 0.15) is 23.6 Å². The number of hydrogen-bond acceptors (Lipinski definition) is 6. The van der Waals surface area contributed by atoms with Crippen LogP contribution >= 0.6 is 0 Å². The van der Waals surface area contributed by atoms with Crippen LogP contribution < -0.4 is 14.2 Å². The summed E-state index contributed by atoms with van der Waals surface area (Å²) < 4.78 is 22.9.